The molecule has 3 heteroatoms. The topological polar surface area (TPSA) is 24.9 Å². The van der Waals surface area contributed by atoms with E-state index in [1.165, 1.54) is 12.8 Å². The van der Waals surface area contributed by atoms with Crippen LogP contribution in [0.1, 0.15) is 19.8 Å². The fraction of sp³-hybridized carbons (Fsp3) is 0.545. The first kappa shape index (κ1) is 9.78. The molecule has 0 aliphatic heterocycles. The van der Waals surface area contributed by atoms with Gasteiger partial charge in [-0.1, -0.05) is 18.5 Å². The standard InChI is InChI=1S/C11H15ClN2/c1-8-4-9(5-8)6-13-11-3-2-10(12)7-14-11/h2-3,7-9H,4-6H2,1H3,(H,13,14). The van der Waals surface area contributed by atoms with Crippen LogP contribution < -0.4 is 5.32 Å². The van der Waals surface area contributed by atoms with Gasteiger partial charge in [-0.2, -0.15) is 0 Å². The van der Waals surface area contributed by atoms with Crippen molar-refractivity contribution in [3.05, 3.63) is 23.4 Å². The molecule has 1 aliphatic rings. The molecule has 0 aromatic carbocycles. The van der Waals surface area contributed by atoms with Crippen LogP contribution in [0.3, 0.4) is 0 Å². The molecule has 1 saturated carbocycles. The molecule has 0 saturated heterocycles. The van der Waals surface area contributed by atoms with Gasteiger partial charge in [0.1, 0.15) is 5.82 Å². The van der Waals surface area contributed by atoms with Gasteiger partial charge in [0.25, 0.3) is 0 Å². The molecule has 0 bridgehead atoms. The highest BCUT2D eigenvalue weighted by atomic mass is 35.5. The first-order valence-electron chi connectivity index (χ1n) is 5.09. The minimum Gasteiger partial charge on any atom is -0.370 e. The van der Waals surface area contributed by atoms with Crippen LogP contribution >= 0.6 is 11.6 Å². The van der Waals surface area contributed by atoms with Crippen molar-refractivity contribution in [2.75, 3.05) is 11.9 Å². The lowest BCUT2D eigenvalue weighted by Crippen LogP contribution is -2.27. The van der Waals surface area contributed by atoms with Crippen molar-refractivity contribution in [1.82, 2.24) is 4.98 Å². The Morgan fingerprint density at radius 2 is 2.29 bits per heavy atom. The van der Waals surface area contributed by atoms with E-state index in [0.29, 0.717) is 5.02 Å². The van der Waals surface area contributed by atoms with Crippen molar-refractivity contribution >= 4 is 17.4 Å². The van der Waals surface area contributed by atoms with Crippen molar-refractivity contribution in [3.63, 3.8) is 0 Å². The SMILES string of the molecule is CC1CC(CNc2ccc(Cl)cn2)C1. The zero-order valence-electron chi connectivity index (χ0n) is 8.33. The van der Waals surface area contributed by atoms with Crippen LogP contribution in [-0.2, 0) is 0 Å². The molecule has 1 aliphatic carbocycles. The van der Waals surface area contributed by atoms with Crippen molar-refractivity contribution in [2.24, 2.45) is 11.8 Å². The Labute approximate surface area is 89.7 Å². The summed E-state index contributed by atoms with van der Waals surface area (Å²) in [4.78, 5) is 4.18. The number of halogens is 1. The zero-order valence-corrected chi connectivity index (χ0v) is 9.09. The van der Waals surface area contributed by atoms with Crippen LogP contribution in [-0.4, -0.2) is 11.5 Å². The summed E-state index contributed by atoms with van der Waals surface area (Å²) in [6.45, 7) is 3.34. The van der Waals surface area contributed by atoms with E-state index < -0.39 is 0 Å². The molecule has 1 fully saturated rings. The van der Waals surface area contributed by atoms with Gasteiger partial charge in [0.05, 0.1) is 5.02 Å². The predicted octanol–water partition coefficient (Wildman–Crippen LogP) is 3.19. The van der Waals surface area contributed by atoms with E-state index >= 15 is 0 Å². The molecule has 2 nitrogen and oxygen atoms in total. The Hall–Kier alpha value is -0.760. The number of nitrogens with zero attached hydrogens (tertiary/aromatic N) is 1. The summed E-state index contributed by atoms with van der Waals surface area (Å²) in [5.74, 6) is 2.68. The molecule has 2 rings (SSSR count). The van der Waals surface area contributed by atoms with Gasteiger partial charge in [-0.25, -0.2) is 4.98 Å². The first-order chi connectivity index (χ1) is 6.74. The van der Waals surface area contributed by atoms with Gasteiger partial charge in [-0.05, 0) is 36.8 Å². The minimum absolute atomic E-state index is 0.688. The molecular weight excluding hydrogens is 196 g/mol. The monoisotopic (exact) mass is 210 g/mol. The number of aromatic nitrogens is 1. The largest absolute Gasteiger partial charge is 0.370 e. The number of rotatable bonds is 3. The van der Waals surface area contributed by atoms with Crippen molar-refractivity contribution in [3.8, 4) is 0 Å². The normalized spacial score (nSPS) is 25.6. The van der Waals surface area contributed by atoms with Gasteiger partial charge in [-0.3, -0.25) is 0 Å². The summed E-state index contributed by atoms with van der Waals surface area (Å²) < 4.78 is 0. The van der Waals surface area contributed by atoms with Crippen molar-refractivity contribution in [2.45, 2.75) is 19.8 Å². The second kappa shape index (κ2) is 4.18. The lowest BCUT2D eigenvalue weighted by molar-refractivity contribution is 0.225. The molecule has 1 aromatic heterocycles. The smallest absolute Gasteiger partial charge is 0.125 e. The molecule has 0 unspecified atom stereocenters. The minimum atomic E-state index is 0.688. The van der Waals surface area contributed by atoms with Gasteiger partial charge < -0.3 is 5.32 Å². The average molecular weight is 211 g/mol. The number of hydrogen-bond donors (Lipinski definition) is 1. The number of hydrogen-bond acceptors (Lipinski definition) is 2. The summed E-state index contributed by atoms with van der Waals surface area (Å²) >= 11 is 5.74. The van der Waals surface area contributed by atoms with Crippen LogP contribution in [0, 0.1) is 11.8 Å². The average Bonchev–Trinajstić information content (AvgIpc) is 2.13. The van der Waals surface area contributed by atoms with Crippen molar-refractivity contribution in [1.29, 1.82) is 0 Å². The summed E-state index contributed by atoms with van der Waals surface area (Å²) in [7, 11) is 0. The molecule has 14 heavy (non-hydrogen) atoms. The van der Waals surface area contributed by atoms with E-state index in [1.807, 2.05) is 12.1 Å². The quantitative estimate of drug-likeness (QED) is 0.829. The van der Waals surface area contributed by atoms with Crippen LogP contribution in [0.5, 0.6) is 0 Å². The Bertz CT molecular complexity index is 291. The highest BCUT2D eigenvalue weighted by Crippen LogP contribution is 2.32. The molecule has 76 valence electrons. The summed E-state index contributed by atoms with van der Waals surface area (Å²) in [6, 6.07) is 3.78. The van der Waals surface area contributed by atoms with Crippen LogP contribution in [0.15, 0.2) is 18.3 Å². The van der Waals surface area contributed by atoms with E-state index in [-0.39, 0.29) is 0 Å². The second-order valence-electron chi connectivity index (χ2n) is 4.19. The molecule has 1 heterocycles. The van der Waals surface area contributed by atoms with E-state index in [2.05, 4.69) is 17.2 Å². The number of anilines is 1. The molecule has 0 radical (unpaired) electrons. The van der Waals surface area contributed by atoms with Gasteiger partial charge in [0.15, 0.2) is 0 Å². The molecule has 0 spiro atoms. The second-order valence-corrected chi connectivity index (χ2v) is 4.62. The Kier molecular flexibility index (Phi) is 2.92. The summed E-state index contributed by atoms with van der Waals surface area (Å²) in [5.41, 5.74) is 0. The van der Waals surface area contributed by atoms with Gasteiger partial charge in [0.2, 0.25) is 0 Å². The first-order valence-corrected chi connectivity index (χ1v) is 5.47. The van der Waals surface area contributed by atoms with E-state index in [1.54, 1.807) is 6.20 Å². The fourth-order valence-corrected chi connectivity index (χ4v) is 2.08. The van der Waals surface area contributed by atoms with Crippen molar-refractivity contribution < 1.29 is 0 Å². The van der Waals surface area contributed by atoms with E-state index in [9.17, 15) is 0 Å². The van der Waals surface area contributed by atoms with E-state index in [0.717, 1.165) is 24.2 Å². The maximum absolute atomic E-state index is 5.74. The van der Waals surface area contributed by atoms with Gasteiger partial charge in [0, 0.05) is 12.7 Å². The molecule has 0 amide bonds. The Morgan fingerprint density at radius 3 is 2.86 bits per heavy atom. The molecule has 1 N–H and O–H groups in total. The third kappa shape index (κ3) is 2.38. The Balaban J connectivity index is 1.78. The highest BCUT2D eigenvalue weighted by Gasteiger charge is 2.24. The predicted molar refractivity (Wildman–Crippen MR) is 59.6 cm³/mol. The molecule has 1 aromatic rings. The van der Waals surface area contributed by atoms with Gasteiger partial charge in [-0.15, -0.1) is 0 Å². The maximum atomic E-state index is 5.74. The van der Waals surface area contributed by atoms with Crippen LogP contribution in [0.2, 0.25) is 5.02 Å². The molecular formula is C11H15ClN2. The maximum Gasteiger partial charge on any atom is 0.125 e. The molecule has 0 atom stereocenters. The third-order valence-electron chi connectivity index (χ3n) is 2.77. The number of nitrogens with one attached hydrogen (secondary N) is 1. The fourth-order valence-electron chi connectivity index (χ4n) is 1.96. The lowest BCUT2D eigenvalue weighted by Gasteiger charge is -2.32. The van der Waals surface area contributed by atoms with Gasteiger partial charge >= 0.3 is 0 Å². The Morgan fingerprint density at radius 1 is 1.50 bits per heavy atom. The summed E-state index contributed by atoms with van der Waals surface area (Å²) in [6.07, 6.45) is 4.37. The van der Waals surface area contributed by atoms with Crippen LogP contribution in [0.25, 0.3) is 0 Å². The number of pyridine rings is 1. The zero-order chi connectivity index (χ0) is 9.97. The summed E-state index contributed by atoms with van der Waals surface area (Å²) in [5, 5.41) is 4.01. The third-order valence-corrected chi connectivity index (χ3v) is 2.99. The van der Waals surface area contributed by atoms with E-state index in [4.69, 9.17) is 11.6 Å². The van der Waals surface area contributed by atoms with Crippen LogP contribution in [0.4, 0.5) is 5.82 Å². The lowest BCUT2D eigenvalue weighted by atomic mass is 9.76. The highest BCUT2D eigenvalue weighted by molar-refractivity contribution is 6.30.